The Morgan fingerprint density at radius 1 is 1.27 bits per heavy atom. The van der Waals surface area contributed by atoms with Crippen molar-refractivity contribution in [3.05, 3.63) is 52.0 Å². The van der Waals surface area contributed by atoms with Crippen molar-refractivity contribution < 1.29 is 15.3 Å². The molecular formula is C28H41NO3S. The molecule has 3 saturated carbocycles. The third kappa shape index (κ3) is 5.37. The van der Waals surface area contributed by atoms with Crippen LogP contribution in [0.3, 0.4) is 0 Å². The number of allylic oxidation sites excluding steroid dienone is 3. The molecule has 0 aliphatic heterocycles. The zero-order chi connectivity index (χ0) is 23.6. The Morgan fingerprint density at radius 3 is 2.85 bits per heavy atom. The van der Waals surface area contributed by atoms with Crippen molar-refractivity contribution in [2.24, 2.45) is 23.2 Å². The maximum atomic E-state index is 10.4. The number of nitrogens with zero attached hydrogens (tertiary/aromatic N) is 1. The van der Waals surface area contributed by atoms with Crippen LogP contribution in [0.4, 0.5) is 0 Å². The lowest BCUT2D eigenvalue weighted by atomic mass is 9.60. The SMILES string of the molecule is C=C1/C(=C\C=C2/CCC[C@]3(C)[C@@H]([C@H](C)CCC[C@@H](O)c4nccs4)CC[C@@H]23)C[C@@H](O)C[C@@H]1O. The van der Waals surface area contributed by atoms with Crippen molar-refractivity contribution in [2.45, 2.75) is 96.4 Å². The van der Waals surface area contributed by atoms with E-state index >= 15 is 0 Å². The second kappa shape index (κ2) is 10.6. The number of rotatable bonds is 7. The third-order valence-electron chi connectivity index (χ3n) is 8.86. The monoisotopic (exact) mass is 471 g/mol. The summed E-state index contributed by atoms with van der Waals surface area (Å²) in [5.41, 5.74) is 3.67. The maximum absolute atomic E-state index is 10.4. The lowest BCUT2D eigenvalue weighted by molar-refractivity contribution is 0.0860. The van der Waals surface area contributed by atoms with Gasteiger partial charge in [0.2, 0.25) is 0 Å². The molecule has 3 aliphatic carbocycles. The first-order valence-corrected chi connectivity index (χ1v) is 13.7. The van der Waals surface area contributed by atoms with E-state index in [4.69, 9.17) is 0 Å². The van der Waals surface area contributed by atoms with Crippen LogP contribution in [0.25, 0.3) is 0 Å². The highest BCUT2D eigenvalue weighted by atomic mass is 32.1. The molecule has 1 aromatic rings. The number of thiazole rings is 1. The van der Waals surface area contributed by atoms with Gasteiger partial charge < -0.3 is 15.3 Å². The summed E-state index contributed by atoms with van der Waals surface area (Å²) in [5, 5.41) is 33.4. The van der Waals surface area contributed by atoms with Gasteiger partial charge in [-0.1, -0.05) is 51.0 Å². The van der Waals surface area contributed by atoms with Crippen molar-refractivity contribution in [3.63, 3.8) is 0 Å². The van der Waals surface area contributed by atoms with Crippen molar-refractivity contribution in [2.75, 3.05) is 0 Å². The average molecular weight is 472 g/mol. The number of hydrogen-bond donors (Lipinski definition) is 3. The van der Waals surface area contributed by atoms with Gasteiger partial charge in [0.15, 0.2) is 0 Å². The van der Waals surface area contributed by atoms with E-state index in [2.05, 4.69) is 37.6 Å². The maximum Gasteiger partial charge on any atom is 0.121 e. The zero-order valence-electron chi connectivity index (χ0n) is 20.2. The van der Waals surface area contributed by atoms with E-state index in [1.165, 1.54) is 37.0 Å². The Hall–Kier alpha value is -1.27. The topological polar surface area (TPSA) is 73.6 Å². The van der Waals surface area contributed by atoms with E-state index in [1.54, 1.807) is 11.8 Å². The molecular weight excluding hydrogens is 430 g/mol. The van der Waals surface area contributed by atoms with E-state index in [0.717, 1.165) is 47.8 Å². The first kappa shape index (κ1) is 24.8. The molecule has 3 fully saturated rings. The van der Waals surface area contributed by atoms with E-state index in [9.17, 15) is 15.3 Å². The van der Waals surface area contributed by atoms with Gasteiger partial charge in [-0.05, 0) is 79.3 Å². The smallest absolute Gasteiger partial charge is 0.121 e. The number of aromatic nitrogens is 1. The standard InChI is InChI=1S/C28H41NO3S/c1-18(6-4-8-25(31)27-29-14-15-33-27)23-11-12-24-20(7-5-13-28(23,24)3)9-10-21-16-22(30)17-26(32)19(21)2/h9-10,14-15,18,22-26,30-32H,2,4-8,11-13,16-17H2,1,3H3/b20-9+,21-10-/t18-,22-,23-,24+,25-,26+,28-/m1/s1. The second-order valence-corrected chi connectivity index (χ2v) is 11.9. The van der Waals surface area contributed by atoms with Gasteiger partial charge in [-0.25, -0.2) is 4.98 Å². The quantitative estimate of drug-likeness (QED) is 0.448. The van der Waals surface area contributed by atoms with Gasteiger partial charge in [0.25, 0.3) is 0 Å². The lowest BCUT2D eigenvalue weighted by Crippen LogP contribution is -2.36. The highest BCUT2D eigenvalue weighted by Gasteiger charge is 2.50. The van der Waals surface area contributed by atoms with Gasteiger partial charge in [-0.15, -0.1) is 11.3 Å². The van der Waals surface area contributed by atoms with Crippen LogP contribution in [0.2, 0.25) is 0 Å². The predicted octanol–water partition coefficient (Wildman–Crippen LogP) is 6.12. The van der Waals surface area contributed by atoms with E-state index < -0.39 is 18.3 Å². The summed E-state index contributed by atoms with van der Waals surface area (Å²) in [6.07, 6.45) is 14.9. The molecule has 33 heavy (non-hydrogen) atoms. The van der Waals surface area contributed by atoms with E-state index in [1.807, 2.05) is 5.38 Å². The van der Waals surface area contributed by atoms with Crippen LogP contribution in [0, 0.1) is 23.2 Å². The van der Waals surface area contributed by atoms with Crippen LogP contribution < -0.4 is 0 Å². The van der Waals surface area contributed by atoms with Crippen molar-refractivity contribution in [1.82, 2.24) is 4.98 Å². The molecule has 0 saturated heterocycles. The molecule has 0 amide bonds. The zero-order valence-corrected chi connectivity index (χ0v) is 21.1. The predicted molar refractivity (Wildman–Crippen MR) is 135 cm³/mol. The van der Waals surface area contributed by atoms with Crippen LogP contribution >= 0.6 is 11.3 Å². The van der Waals surface area contributed by atoms with Crippen molar-refractivity contribution in [1.29, 1.82) is 0 Å². The first-order chi connectivity index (χ1) is 15.8. The molecule has 1 heterocycles. The van der Waals surface area contributed by atoms with Gasteiger partial charge in [-0.2, -0.15) is 0 Å². The van der Waals surface area contributed by atoms with Crippen molar-refractivity contribution >= 4 is 11.3 Å². The molecule has 1 aromatic heterocycles. The van der Waals surface area contributed by atoms with Crippen LogP contribution in [0.5, 0.6) is 0 Å². The highest BCUT2D eigenvalue weighted by molar-refractivity contribution is 7.09. The van der Waals surface area contributed by atoms with Gasteiger partial charge in [0.1, 0.15) is 11.1 Å². The van der Waals surface area contributed by atoms with E-state index in [0.29, 0.717) is 30.1 Å². The Bertz CT molecular complexity index is 876. The second-order valence-electron chi connectivity index (χ2n) is 11.0. The number of hydrogen-bond acceptors (Lipinski definition) is 5. The summed E-state index contributed by atoms with van der Waals surface area (Å²) < 4.78 is 0. The molecule has 3 N–H and O–H groups in total. The highest BCUT2D eigenvalue weighted by Crippen LogP contribution is 2.60. The molecule has 0 aromatic carbocycles. The average Bonchev–Trinajstić information content (AvgIpc) is 3.43. The molecule has 0 radical (unpaired) electrons. The molecule has 0 unspecified atom stereocenters. The molecule has 3 aliphatic rings. The molecule has 182 valence electrons. The number of aliphatic hydroxyl groups excluding tert-OH is 3. The van der Waals surface area contributed by atoms with Gasteiger partial charge in [-0.3, -0.25) is 0 Å². The summed E-state index contributed by atoms with van der Waals surface area (Å²) in [6.45, 7) is 9.00. The third-order valence-corrected chi connectivity index (χ3v) is 9.74. The molecule has 0 bridgehead atoms. The van der Waals surface area contributed by atoms with E-state index in [-0.39, 0.29) is 0 Å². The van der Waals surface area contributed by atoms with Gasteiger partial charge in [0, 0.05) is 18.0 Å². The fourth-order valence-corrected chi connectivity index (χ4v) is 7.69. The van der Waals surface area contributed by atoms with Crippen LogP contribution in [-0.4, -0.2) is 32.5 Å². The van der Waals surface area contributed by atoms with Crippen molar-refractivity contribution in [3.8, 4) is 0 Å². The van der Waals surface area contributed by atoms with Gasteiger partial charge >= 0.3 is 0 Å². The van der Waals surface area contributed by atoms with Gasteiger partial charge in [0.05, 0.1) is 12.2 Å². The molecule has 5 heteroatoms. The Kier molecular flexibility index (Phi) is 7.95. The largest absolute Gasteiger partial charge is 0.393 e. The first-order valence-electron chi connectivity index (χ1n) is 12.8. The molecule has 7 atom stereocenters. The minimum atomic E-state index is -0.624. The Labute approximate surface area is 203 Å². The Morgan fingerprint density at radius 2 is 2.09 bits per heavy atom. The van der Waals surface area contributed by atoms with Crippen LogP contribution in [0.1, 0.15) is 89.2 Å². The normalized spacial score (nSPS) is 36.8. The molecule has 0 spiro atoms. The molecule has 4 nitrogen and oxygen atoms in total. The van der Waals surface area contributed by atoms with Crippen LogP contribution in [-0.2, 0) is 0 Å². The summed E-state index contributed by atoms with van der Waals surface area (Å²) >= 11 is 1.54. The fraction of sp³-hybridized carbons (Fsp3) is 0.679. The fourth-order valence-electron chi connectivity index (χ4n) is 7.04. The summed E-state index contributed by atoms with van der Waals surface area (Å²) in [6, 6.07) is 0. The van der Waals surface area contributed by atoms with Crippen LogP contribution in [0.15, 0.2) is 47.0 Å². The summed E-state index contributed by atoms with van der Waals surface area (Å²) in [4.78, 5) is 4.25. The minimum Gasteiger partial charge on any atom is -0.393 e. The minimum absolute atomic E-state index is 0.346. The molecule has 4 rings (SSSR count). The number of fused-ring (bicyclic) bond motifs is 1. The Balaban J connectivity index is 1.39. The number of aliphatic hydroxyl groups is 3. The summed E-state index contributed by atoms with van der Waals surface area (Å²) in [7, 11) is 0. The lowest BCUT2D eigenvalue weighted by Gasteiger charge is -2.44. The summed E-state index contributed by atoms with van der Waals surface area (Å²) in [5.74, 6) is 2.01.